The van der Waals surface area contributed by atoms with Gasteiger partial charge in [-0.25, -0.2) is 15.0 Å². The van der Waals surface area contributed by atoms with E-state index < -0.39 is 5.41 Å². The normalized spacial score (nSPS) is 14.3. The summed E-state index contributed by atoms with van der Waals surface area (Å²) >= 11 is 0. The number of fused-ring (bicyclic) bond motifs is 2. The number of hydrogen-bond acceptors (Lipinski definition) is 4. The van der Waals surface area contributed by atoms with Crippen LogP contribution >= 0.6 is 0 Å². The van der Waals surface area contributed by atoms with Gasteiger partial charge in [0.15, 0.2) is 17.5 Å². The molecule has 0 saturated heterocycles. The smallest absolute Gasteiger partial charge is 0.164 e. The van der Waals surface area contributed by atoms with Crippen LogP contribution in [-0.4, -0.2) is 15.0 Å². The number of ether oxygens (including phenoxy) is 1. The number of aromatic nitrogens is 3. The van der Waals surface area contributed by atoms with Crippen LogP contribution in [0.4, 0.5) is 0 Å². The average molecular weight is 732 g/mol. The predicted octanol–water partition coefficient (Wildman–Crippen LogP) is 13.3. The van der Waals surface area contributed by atoms with Gasteiger partial charge in [0.05, 0.1) is 0 Å². The topological polar surface area (TPSA) is 47.9 Å². The maximum absolute atomic E-state index is 6.55. The minimum Gasteiger partial charge on any atom is -0.457 e. The van der Waals surface area contributed by atoms with Crippen molar-refractivity contribution in [3.05, 3.63) is 223 Å². The lowest BCUT2D eigenvalue weighted by molar-refractivity contribution is 0.427. The third-order valence-corrected chi connectivity index (χ3v) is 11.0. The first kappa shape index (κ1) is 34.1. The van der Waals surface area contributed by atoms with E-state index in [0.717, 1.165) is 72.7 Å². The molecule has 4 nitrogen and oxygen atoms in total. The number of rotatable bonds is 7. The molecule has 2 heterocycles. The highest BCUT2D eigenvalue weighted by Crippen LogP contribution is 2.52. The van der Waals surface area contributed by atoms with Crippen LogP contribution < -0.4 is 4.74 Å². The summed E-state index contributed by atoms with van der Waals surface area (Å²) in [4.78, 5) is 15.1. The second-order valence-corrected chi connectivity index (χ2v) is 14.6. The lowest BCUT2D eigenvalue weighted by Crippen LogP contribution is -2.29. The van der Waals surface area contributed by atoms with Crippen molar-refractivity contribution in [2.45, 2.75) is 12.3 Å². The molecule has 57 heavy (non-hydrogen) atoms. The van der Waals surface area contributed by atoms with E-state index in [2.05, 4.69) is 140 Å². The van der Waals surface area contributed by atoms with Crippen molar-refractivity contribution in [2.24, 2.45) is 0 Å². The van der Waals surface area contributed by atoms with E-state index in [1.54, 1.807) is 0 Å². The summed E-state index contributed by atoms with van der Waals surface area (Å²) < 4.78 is 6.55. The molecule has 1 atom stereocenters. The van der Waals surface area contributed by atoms with Crippen molar-refractivity contribution in [1.29, 1.82) is 0 Å². The van der Waals surface area contributed by atoms with Gasteiger partial charge >= 0.3 is 0 Å². The van der Waals surface area contributed by atoms with Crippen LogP contribution in [0.3, 0.4) is 0 Å². The minimum absolute atomic E-state index is 0.403. The third kappa shape index (κ3) is 6.37. The van der Waals surface area contributed by atoms with Crippen molar-refractivity contribution < 1.29 is 4.74 Å². The molecule has 8 aromatic carbocycles. The summed E-state index contributed by atoms with van der Waals surface area (Å²) in [6.07, 6.45) is 0. The standard InChI is InChI=1S/C53H37N3O/c1-53(45-25-12-5-13-26-45)46-27-14-15-28-48(46)57-49-30-29-41(35-47(49)53)39-23-16-24-40(31-39)43-32-42(36-17-6-2-7-18-36)33-44(34-43)52-55-50(37-19-8-3-9-20-37)54-51(56-52)38-21-10-4-11-22-38/h2-35H,1H3. The van der Waals surface area contributed by atoms with Crippen LogP contribution in [0, 0.1) is 0 Å². The highest BCUT2D eigenvalue weighted by molar-refractivity contribution is 5.83. The molecule has 0 aliphatic carbocycles. The summed E-state index contributed by atoms with van der Waals surface area (Å²) in [7, 11) is 0. The lowest BCUT2D eigenvalue weighted by atomic mass is 9.69. The molecule has 1 aliphatic rings. The zero-order chi connectivity index (χ0) is 38.2. The molecule has 0 bridgehead atoms. The SMILES string of the molecule is CC1(c2ccccc2)c2ccccc2Oc2ccc(-c3cccc(-c4cc(-c5ccccc5)cc(-c5nc(-c6ccccc6)nc(-c6ccccc6)n5)c4)c3)cc21. The van der Waals surface area contributed by atoms with Gasteiger partial charge in [-0.3, -0.25) is 0 Å². The molecule has 270 valence electrons. The Hall–Kier alpha value is -7.43. The van der Waals surface area contributed by atoms with Gasteiger partial charge in [-0.2, -0.15) is 0 Å². The molecule has 0 spiro atoms. The fourth-order valence-electron chi connectivity index (χ4n) is 8.04. The van der Waals surface area contributed by atoms with Crippen molar-refractivity contribution in [3.8, 4) is 79.0 Å². The van der Waals surface area contributed by atoms with Crippen LogP contribution in [0.15, 0.2) is 206 Å². The van der Waals surface area contributed by atoms with E-state index in [4.69, 9.17) is 19.7 Å². The van der Waals surface area contributed by atoms with Gasteiger partial charge in [-0.1, -0.05) is 164 Å². The number of para-hydroxylation sites is 1. The Kier molecular flexibility index (Phi) is 8.57. The van der Waals surface area contributed by atoms with E-state index in [-0.39, 0.29) is 0 Å². The highest BCUT2D eigenvalue weighted by atomic mass is 16.5. The zero-order valence-electron chi connectivity index (χ0n) is 31.4. The largest absolute Gasteiger partial charge is 0.457 e. The van der Waals surface area contributed by atoms with Gasteiger partial charge in [0.25, 0.3) is 0 Å². The van der Waals surface area contributed by atoms with Gasteiger partial charge in [0.2, 0.25) is 0 Å². The van der Waals surface area contributed by atoms with Gasteiger partial charge in [0, 0.05) is 33.2 Å². The lowest BCUT2D eigenvalue weighted by Gasteiger charge is -2.38. The molecule has 9 aromatic rings. The summed E-state index contributed by atoms with van der Waals surface area (Å²) in [6.45, 7) is 2.31. The summed E-state index contributed by atoms with van der Waals surface area (Å²) in [5.74, 6) is 3.66. The van der Waals surface area contributed by atoms with Crippen LogP contribution in [0.25, 0.3) is 67.5 Å². The Morgan fingerprint density at radius 2 is 0.737 bits per heavy atom. The molecular formula is C53H37N3O. The minimum atomic E-state index is -0.403. The van der Waals surface area contributed by atoms with Crippen molar-refractivity contribution in [2.75, 3.05) is 0 Å². The Balaban J connectivity index is 1.11. The van der Waals surface area contributed by atoms with Gasteiger partial charge in [-0.15, -0.1) is 0 Å². The molecule has 0 radical (unpaired) electrons. The Morgan fingerprint density at radius 3 is 1.37 bits per heavy atom. The quantitative estimate of drug-likeness (QED) is 0.164. The van der Waals surface area contributed by atoms with Crippen LogP contribution in [0.2, 0.25) is 0 Å². The third-order valence-electron chi connectivity index (χ3n) is 11.0. The van der Waals surface area contributed by atoms with Gasteiger partial charge < -0.3 is 4.74 Å². The molecule has 1 unspecified atom stereocenters. The number of nitrogens with zero attached hydrogens (tertiary/aromatic N) is 3. The van der Waals surface area contributed by atoms with Crippen LogP contribution in [0.1, 0.15) is 23.6 Å². The van der Waals surface area contributed by atoms with Gasteiger partial charge in [0.1, 0.15) is 11.5 Å². The first-order valence-corrected chi connectivity index (χ1v) is 19.3. The molecular weight excluding hydrogens is 695 g/mol. The van der Waals surface area contributed by atoms with E-state index in [1.165, 1.54) is 5.56 Å². The van der Waals surface area contributed by atoms with Crippen LogP contribution in [0.5, 0.6) is 11.5 Å². The second-order valence-electron chi connectivity index (χ2n) is 14.6. The molecule has 4 heteroatoms. The average Bonchev–Trinajstić information content (AvgIpc) is 3.30. The van der Waals surface area contributed by atoms with E-state index in [9.17, 15) is 0 Å². The molecule has 1 aliphatic heterocycles. The van der Waals surface area contributed by atoms with E-state index in [0.29, 0.717) is 17.5 Å². The van der Waals surface area contributed by atoms with E-state index in [1.807, 2.05) is 72.8 Å². The second kappa shape index (κ2) is 14.3. The molecule has 0 fully saturated rings. The fourth-order valence-corrected chi connectivity index (χ4v) is 8.04. The van der Waals surface area contributed by atoms with Crippen molar-refractivity contribution >= 4 is 0 Å². The Bertz CT molecular complexity index is 2820. The number of hydrogen-bond donors (Lipinski definition) is 0. The van der Waals surface area contributed by atoms with Crippen molar-refractivity contribution in [1.82, 2.24) is 15.0 Å². The molecule has 0 N–H and O–H groups in total. The van der Waals surface area contributed by atoms with E-state index >= 15 is 0 Å². The molecule has 0 saturated carbocycles. The fraction of sp³-hybridized carbons (Fsp3) is 0.0377. The molecule has 10 rings (SSSR count). The predicted molar refractivity (Wildman–Crippen MR) is 231 cm³/mol. The summed E-state index contributed by atoms with van der Waals surface area (Å²) in [5.41, 5.74) is 12.5. The Morgan fingerprint density at radius 1 is 0.316 bits per heavy atom. The monoisotopic (exact) mass is 731 g/mol. The first-order valence-electron chi connectivity index (χ1n) is 19.3. The van der Waals surface area contributed by atoms with Crippen molar-refractivity contribution in [3.63, 3.8) is 0 Å². The first-order chi connectivity index (χ1) is 28.1. The summed E-state index contributed by atoms with van der Waals surface area (Å²) in [6, 6.07) is 71.9. The maximum Gasteiger partial charge on any atom is 0.164 e. The molecule has 0 amide bonds. The highest BCUT2D eigenvalue weighted by Gasteiger charge is 2.39. The zero-order valence-corrected chi connectivity index (χ0v) is 31.4. The Labute approximate surface area is 332 Å². The van der Waals surface area contributed by atoms with Gasteiger partial charge in [-0.05, 0) is 88.3 Å². The maximum atomic E-state index is 6.55. The number of benzene rings is 8. The summed E-state index contributed by atoms with van der Waals surface area (Å²) in [5, 5.41) is 0. The van der Waals surface area contributed by atoms with Crippen LogP contribution in [-0.2, 0) is 5.41 Å². The molecule has 1 aromatic heterocycles.